The minimum Gasteiger partial charge on any atom is -0.352 e. The highest BCUT2D eigenvalue weighted by Crippen LogP contribution is 2.09. The molecule has 1 aromatic rings. The molecule has 0 saturated carbocycles. The van der Waals surface area contributed by atoms with Crippen molar-refractivity contribution < 1.29 is 9.72 Å². The summed E-state index contributed by atoms with van der Waals surface area (Å²) in [6.45, 7) is 5.31. The van der Waals surface area contributed by atoms with E-state index in [1.165, 1.54) is 0 Å². The maximum atomic E-state index is 11.9. The third-order valence-corrected chi connectivity index (χ3v) is 3.11. The van der Waals surface area contributed by atoms with E-state index in [0.29, 0.717) is 0 Å². The topological polar surface area (TPSA) is 118 Å². The number of carbonyl (C=O) groups excluding carboxylic acids is 1. The summed E-state index contributed by atoms with van der Waals surface area (Å²) in [5, 5.41) is 22.3. The third kappa shape index (κ3) is 4.14. The Morgan fingerprint density at radius 2 is 2.14 bits per heavy atom. The van der Waals surface area contributed by atoms with E-state index < -0.39 is 22.1 Å². The third-order valence-electron chi connectivity index (χ3n) is 3.11. The van der Waals surface area contributed by atoms with Gasteiger partial charge in [-0.15, -0.1) is 0 Å². The van der Waals surface area contributed by atoms with E-state index in [0.717, 1.165) is 16.8 Å². The largest absolute Gasteiger partial charge is 0.352 e. The Kier molecular flexibility index (Phi) is 5.18. The van der Waals surface area contributed by atoms with Gasteiger partial charge in [0.25, 0.3) is 11.2 Å². The molecule has 0 bridgehead atoms. The van der Waals surface area contributed by atoms with Crippen molar-refractivity contribution in [2.75, 3.05) is 0 Å². The number of pyridine rings is 1. The minimum atomic E-state index is -0.726. The van der Waals surface area contributed by atoms with E-state index in [1.54, 1.807) is 6.07 Å². The highest BCUT2D eigenvalue weighted by atomic mass is 16.6. The molecule has 112 valence electrons. The summed E-state index contributed by atoms with van der Waals surface area (Å²) in [4.78, 5) is 33.8. The van der Waals surface area contributed by atoms with Crippen molar-refractivity contribution in [3.05, 3.63) is 38.3 Å². The monoisotopic (exact) mass is 292 g/mol. The van der Waals surface area contributed by atoms with E-state index in [-0.39, 0.29) is 24.1 Å². The summed E-state index contributed by atoms with van der Waals surface area (Å²) in [6, 6.07) is 2.39. The first-order chi connectivity index (χ1) is 9.76. The van der Waals surface area contributed by atoms with E-state index in [4.69, 9.17) is 5.26 Å². The van der Waals surface area contributed by atoms with E-state index in [9.17, 15) is 19.7 Å². The van der Waals surface area contributed by atoms with Crippen LogP contribution in [0.2, 0.25) is 0 Å². The molecular formula is C13H16N4O4. The zero-order chi connectivity index (χ0) is 16.2. The van der Waals surface area contributed by atoms with Crippen LogP contribution in [0.1, 0.15) is 26.3 Å². The lowest BCUT2D eigenvalue weighted by Gasteiger charge is -2.17. The second-order valence-electron chi connectivity index (χ2n) is 5.01. The summed E-state index contributed by atoms with van der Waals surface area (Å²) < 4.78 is 0.874. The van der Waals surface area contributed by atoms with Gasteiger partial charge in [0.1, 0.15) is 18.2 Å². The van der Waals surface area contributed by atoms with Gasteiger partial charge in [0.2, 0.25) is 5.91 Å². The van der Waals surface area contributed by atoms with Gasteiger partial charge in [0.05, 0.1) is 11.1 Å². The highest BCUT2D eigenvalue weighted by molar-refractivity contribution is 5.76. The van der Waals surface area contributed by atoms with Gasteiger partial charge < -0.3 is 5.32 Å². The lowest BCUT2D eigenvalue weighted by Crippen LogP contribution is -2.40. The Labute approximate surface area is 121 Å². The summed E-state index contributed by atoms with van der Waals surface area (Å²) >= 11 is 0. The molecule has 8 heteroatoms. The number of nitriles is 1. The SMILES string of the molecule is CC(C)[C@H](C)NC(=O)Cn1cc([N+](=O)[O-])cc(C#N)c1=O. The summed E-state index contributed by atoms with van der Waals surface area (Å²) in [7, 11) is 0. The van der Waals surface area contributed by atoms with Gasteiger partial charge in [0.15, 0.2) is 0 Å². The number of nitrogens with one attached hydrogen (secondary N) is 1. The fourth-order valence-corrected chi connectivity index (χ4v) is 1.54. The molecule has 0 aliphatic carbocycles. The van der Waals surface area contributed by atoms with Gasteiger partial charge in [-0.3, -0.25) is 24.3 Å². The molecule has 1 rings (SSSR count). The van der Waals surface area contributed by atoms with E-state index in [2.05, 4.69) is 5.32 Å². The molecule has 1 atom stereocenters. The smallest absolute Gasteiger partial charge is 0.287 e. The van der Waals surface area contributed by atoms with Crippen LogP contribution in [0.4, 0.5) is 5.69 Å². The van der Waals surface area contributed by atoms with Crippen molar-refractivity contribution in [1.29, 1.82) is 5.26 Å². The molecule has 0 radical (unpaired) electrons. The van der Waals surface area contributed by atoms with Crippen molar-refractivity contribution in [2.24, 2.45) is 5.92 Å². The van der Waals surface area contributed by atoms with Crippen LogP contribution in [0, 0.1) is 27.4 Å². The standard InChI is InChI=1S/C13H16N4O4/c1-8(2)9(3)15-12(18)7-16-6-11(17(20)21)4-10(5-14)13(16)19/h4,6,8-9H,7H2,1-3H3,(H,15,18)/t9-/m0/s1. The molecule has 21 heavy (non-hydrogen) atoms. The van der Waals surface area contributed by atoms with Gasteiger partial charge in [0, 0.05) is 12.1 Å². The Bertz CT molecular complexity index is 657. The fourth-order valence-electron chi connectivity index (χ4n) is 1.54. The maximum absolute atomic E-state index is 11.9. The van der Waals surface area contributed by atoms with Crippen LogP contribution in [0.5, 0.6) is 0 Å². The minimum absolute atomic E-state index is 0.0951. The number of amides is 1. The molecule has 0 unspecified atom stereocenters. The van der Waals surface area contributed by atoms with Crippen LogP contribution in [0.3, 0.4) is 0 Å². The molecule has 8 nitrogen and oxygen atoms in total. The zero-order valence-corrected chi connectivity index (χ0v) is 12.0. The summed E-state index contributed by atoms with van der Waals surface area (Å²) in [5.74, 6) is -0.229. The van der Waals surface area contributed by atoms with Crippen molar-refractivity contribution in [3.63, 3.8) is 0 Å². The van der Waals surface area contributed by atoms with Gasteiger partial charge in [-0.25, -0.2) is 0 Å². The van der Waals surface area contributed by atoms with Crippen molar-refractivity contribution in [2.45, 2.75) is 33.4 Å². The lowest BCUT2D eigenvalue weighted by molar-refractivity contribution is -0.385. The zero-order valence-electron chi connectivity index (χ0n) is 12.0. The van der Waals surface area contributed by atoms with Crippen molar-refractivity contribution in [3.8, 4) is 6.07 Å². The average Bonchev–Trinajstić information content (AvgIpc) is 2.40. The quantitative estimate of drug-likeness (QED) is 0.635. The lowest BCUT2D eigenvalue weighted by atomic mass is 10.1. The maximum Gasteiger partial charge on any atom is 0.287 e. The van der Waals surface area contributed by atoms with Gasteiger partial charge in [-0.2, -0.15) is 5.26 Å². The molecule has 1 aromatic heterocycles. The first kappa shape index (κ1) is 16.4. The molecule has 0 fully saturated rings. The molecule has 0 aliphatic heterocycles. The molecule has 0 spiro atoms. The van der Waals surface area contributed by atoms with Crippen molar-refractivity contribution in [1.82, 2.24) is 9.88 Å². The second kappa shape index (κ2) is 6.65. The number of aromatic nitrogens is 1. The van der Waals surface area contributed by atoms with Gasteiger partial charge >= 0.3 is 0 Å². The Balaban J connectivity index is 3.06. The van der Waals surface area contributed by atoms with Crippen LogP contribution in [-0.4, -0.2) is 21.4 Å². The van der Waals surface area contributed by atoms with Crippen LogP contribution < -0.4 is 10.9 Å². The first-order valence-corrected chi connectivity index (χ1v) is 6.34. The summed E-state index contributed by atoms with van der Waals surface area (Å²) in [5.41, 5.74) is -1.50. The molecule has 1 heterocycles. The molecular weight excluding hydrogens is 276 g/mol. The normalized spacial score (nSPS) is 11.8. The number of rotatable bonds is 5. The Morgan fingerprint density at radius 1 is 1.52 bits per heavy atom. The average molecular weight is 292 g/mol. The number of nitrogens with zero attached hydrogens (tertiary/aromatic N) is 3. The number of nitro groups is 1. The predicted molar refractivity (Wildman–Crippen MR) is 74.5 cm³/mol. The second-order valence-corrected chi connectivity index (χ2v) is 5.01. The Hall–Kier alpha value is -2.69. The molecule has 0 aromatic carbocycles. The number of hydrogen-bond donors (Lipinski definition) is 1. The van der Waals surface area contributed by atoms with Gasteiger partial charge in [-0.05, 0) is 12.8 Å². The summed E-state index contributed by atoms with van der Waals surface area (Å²) in [6.07, 6.45) is 0.961. The molecule has 0 aliphatic rings. The highest BCUT2D eigenvalue weighted by Gasteiger charge is 2.17. The van der Waals surface area contributed by atoms with Gasteiger partial charge in [-0.1, -0.05) is 13.8 Å². The number of hydrogen-bond acceptors (Lipinski definition) is 5. The van der Waals surface area contributed by atoms with Crippen LogP contribution in [-0.2, 0) is 11.3 Å². The first-order valence-electron chi connectivity index (χ1n) is 6.34. The van der Waals surface area contributed by atoms with E-state index >= 15 is 0 Å². The van der Waals surface area contributed by atoms with Crippen LogP contribution >= 0.6 is 0 Å². The van der Waals surface area contributed by atoms with Crippen LogP contribution in [0.15, 0.2) is 17.1 Å². The fraction of sp³-hybridized carbons (Fsp3) is 0.462. The molecule has 1 amide bonds. The van der Waals surface area contributed by atoms with E-state index in [1.807, 2.05) is 20.8 Å². The molecule has 1 N–H and O–H groups in total. The Morgan fingerprint density at radius 3 is 2.62 bits per heavy atom. The predicted octanol–water partition coefficient (Wildman–Crippen LogP) is 0.789. The number of carbonyl (C=O) groups is 1. The van der Waals surface area contributed by atoms with Crippen molar-refractivity contribution >= 4 is 11.6 Å². The van der Waals surface area contributed by atoms with Crippen LogP contribution in [0.25, 0.3) is 0 Å². The molecule has 0 saturated heterocycles.